The average molecular weight is 222 g/mol. The maximum Gasteiger partial charge on any atom is 0.269 e. The van der Waals surface area contributed by atoms with Gasteiger partial charge in [-0.25, -0.2) is 0 Å². The van der Waals surface area contributed by atoms with Gasteiger partial charge in [-0.1, -0.05) is 19.8 Å². The third-order valence-corrected chi connectivity index (χ3v) is 2.48. The van der Waals surface area contributed by atoms with Gasteiger partial charge in [-0.05, 0) is 25.5 Å². The maximum absolute atomic E-state index is 10.5. The van der Waals surface area contributed by atoms with E-state index in [0.29, 0.717) is 6.04 Å². The Labute approximate surface area is 95.8 Å². The van der Waals surface area contributed by atoms with E-state index in [0.717, 1.165) is 12.1 Å². The Morgan fingerprint density at radius 3 is 2.50 bits per heavy atom. The number of nitro groups is 1. The van der Waals surface area contributed by atoms with E-state index in [2.05, 4.69) is 19.2 Å². The molecule has 16 heavy (non-hydrogen) atoms. The third-order valence-electron chi connectivity index (χ3n) is 2.48. The quantitative estimate of drug-likeness (QED) is 0.591. The molecule has 0 spiro atoms. The Morgan fingerprint density at radius 1 is 1.38 bits per heavy atom. The fourth-order valence-corrected chi connectivity index (χ4v) is 1.55. The van der Waals surface area contributed by atoms with Crippen LogP contribution in [0.3, 0.4) is 0 Å². The number of benzene rings is 1. The summed E-state index contributed by atoms with van der Waals surface area (Å²) < 4.78 is 0. The number of anilines is 1. The van der Waals surface area contributed by atoms with Crippen molar-refractivity contribution in [1.29, 1.82) is 0 Å². The van der Waals surface area contributed by atoms with Gasteiger partial charge in [0.25, 0.3) is 5.69 Å². The zero-order chi connectivity index (χ0) is 12.0. The molecule has 88 valence electrons. The molecule has 0 aliphatic carbocycles. The topological polar surface area (TPSA) is 55.2 Å². The average Bonchev–Trinajstić information content (AvgIpc) is 2.27. The Kier molecular flexibility index (Phi) is 4.76. The van der Waals surface area contributed by atoms with Gasteiger partial charge in [-0.3, -0.25) is 10.1 Å². The smallest absolute Gasteiger partial charge is 0.269 e. The first-order valence-electron chi connectivity index (χ1n) is 5.64. The summed E-state index contributed by atoms with van der Waals surface area (Å²) in [7, 11) is 0. The van der Waals surface area contributed by atoms with Crippen molar-refractivity contribution in [2.75, 3.05) is 5.32 Å². The second-order valence-corrected chi connectivity index (χ2v) is 3.99. The lowest BCUT2D eigenvalue weighted by atomic mass is 10.1. The fraction of sp³-hybridized carbons (Fsp3) is 0.500. The van der Waals surface area contributed by atoms with E-state index in [4.69, 9.17) is 0 Å². The van der Waals surface area contributed by atoms with Crippen LogP contribution in [0, 0.1) is 10.1 Å². The highest BCUT2D eigenvalue weighted by atomic mass is 16.6. The van der Waals surface area contributed by atoms with Gasteiger partial charge < -0.3 is 5.32 Å². The minimum Gasteiger partial charge on any atom is -0.383 e. The van der Waals surface area contributed by atoms with Crippen LogP contribution in [0.4, 0.5) is 11.4 Å². The van der Waals surface area contributed by atoms with Crippen LogP contribution in [0.1, 0.15) is 33.1 Å². The van der Waals surface area contributed by atoms with Gasteiger partial charge in [0.05, 0.1) is 4.92 Å². The molecule has 0 saturated carbocycles. The lowest BCUT2D eigenvalue weighted by Crippen LogP contribution is -2.14. The first-order valence-corrected chi connectivity index (χ1v) is 5.64. The molecule has 0 aliphatic rings. The number of nitro benzene ring substituents is 1. The first kappa shape index (κ1) is 12.5. The largest absolute Gasteiger partial charge is 0.383 e. The number of nitrogens with zero attached hydrogens (tertiary/aromatic N) is 1. The summed E-state index contributed by atoms with van der Waals surface area (Å²) in [6, 6.07) is 6.95. The van der Waals surface area contributed by atoms with Crippen LogP contribution in [0.15, 0.2) is 24.3 Å². The number of non-ortho nitro benzene ring substituents is 1. The van der Waals surface area contributed by atoms with Crippen LogP contribution in [-0.4, -0.2) is 11.0 Å². The lowest BCUT2D eigenvalue weighted by Gasteiger charge is -2.14. The number of unbranched alkanes of at least 4 members (excludes halogenated alkanes) is 1. The highest BCUT2D eigenvalue weighted by Gasteiger charge is 2.05. The van der Waals surface area contributed by atoms with E-state index in [1.54, 1.807) is 12.1 Å². The van der Waals surface area contributed by atoms with Crippen molar-refractivity contribution < 1.29 is 4.92 Å². The SMILES string of the molecule is CCCCC(C)Nc1ccc([N+](=O)[O-])cc1. The van der Waals surface area contributed by atoms with Gasteiger partial charge in [-0.2, -0.15) is 0 Å². The number of hydrogen-bond donors (Lipinski definition) is 1. The molecule has 0 fully saturated rings. The standard InChI is InChI=1S/C12H18N2O2/c1-3-4-5-10(2)13-11-6-8-12(9-7-11)14(15)16/h6-10,13H,3-5H2,1-2H3. The number of rotatable bonds is 6. The molecule has 0 radical (unpaired) electrons. The molecule has 4 heteroatoms. The van der Waals surface area contributed by atoms with Crippen molar-refractivity contribution >= 4 is 11.4 Å². The molecule has 0 amide bonds. The Morgan fingerprint density at radius 2 is 2.00 bits per heavy atom. The van der Waals surface area contributed by atoms with Crippen molar-refractivity contribution in [2.24, 2.45) is 0 Å². The van der Waals surface area contributed by atoms with Crippen molar-refractivity contribution in [1.82, 2.24) is 0 Å². The van der Waals surface area contributed by atoms with Crippen LogP contribution in [-0.2, 0) is 0 Å². The fourth-order valence-electron chi connectivity index (χ4n) is 1.55. The van der Waals surface area contributed by atoms with Crippen LogP contribution in [0.2, 0.25) is 0 Å². The van der Waals surface area contributed by atoms with Crippen LogP contribution in [0.5, 0.6) is 0 Å². The molecular formula is C12H18N2O2. The first-order chi connectivity index (χ1) is 7.63. The Hall–Kier alpha value is -1.58. The molecule has 0 heterocycles. The number of hydrogen-bond acceptors (Lipinski definition) is 3. The number of nitrogens with one attached hydrogen (secondary N) is 1. The van der Waals surface area contributed by atoms with E-state index < -0.39 is 0 Å². The molecule has 4 nitrogen and oxygen atoms in total. The highest BCUT2D eigenvalue weighted by molar-refractivity contribution is 5.48. The van der Waals surface area contributed by atoms with E-state index >= 15 is 0 Å². The van der Waals surface area contributed by atoms with Gasteiger partial charge in [0.15, 0.2) is 0 Å². The predicted molar refractivity (Wildman–Crippen MR) is 65.7 cm³/mol. The Bertz CT molecular complexity index is 335. The molecule has 0 aliphatic heterocycles. The van der Waals surface area contributed by atoms with Crippen molar-refractivity contribution in [3.63, 3.8) is 0 Å². The second-order valence-electron chi connectivity index (χ2n) is 3.99. The van der Waals surface area contributed by atoms with Crippen molar-refractivity contribution in [3.8, 4) is 0 Å². The zero-order valence-electron chi connectivity index (χ0n) is 9.77. The summed E-state index contributed by atoms with van der Waals surface area (Å²) >= 11 is 0. The maximum atomic E-state index is 10.5. The molecular weight excluding hydrogens is 204 g/mol. The van der Waals surface area contributed by atoms with Crippen molar-refractivity contribution in [2.45, 2.75) is 39.2 Å². The van der Waals surface area contributed by atoms with Gasteiger partial charge in [-0.15, -0.1) is 0 Å². The molecule has 0 saturated heterocycles. The molecule has 1 aromatic carbocycles. The van der Waals surface area contributed by atoms with Gasteiger partial charge in [0.2, 0.25) is 0 Å². The van der Waals surface area contributed by atoms with E-state index in [9.17, 15) is 10.1 Å². The van der Waals surface area contributed by atoms with E-state index in [1.165, 1.54) is 25.0 Å². The van der Waals surface area contributed by atoms with Gasteiger partial charge >= 0.3 is 0 Å². The minimum absolute atomic E-state index is 0.131. The van der Waals surface area contributed by atoms with Gasteiger partial charge in [0.1, 0.15) is 0 Å². The van der Waals surface area contributed by atoms with Crippen LogP contribution < -0.4 is 5.32 Å². The predicted octanol–water partition coefficient (Wildman–Crippen LogP) is 3.59. The summed E-state index contributed by atoms with van der Waals surface area (Å²) in [5, 5.41) is 13.8. The molecule has 1 N–H and O–H groups in total. The normalized spacial score (nSPS) is 12.1. The monoisotopic (exact) mass is 222 g/mol. The Balaban J connectivity index is 2.51. The molecule has 1 rings (SSSR count). The zero-order valence-corrected chi connectivity index (χ0v) is 9.77. The lowest BCUT2D eigenvalue weighted by molar-refractivity contribution is -0.384. The third kappa shape index (κ3) is 3.88. The summed E-state index contributed by atoms with van der Waals surface area (Å²) in [5.41, 5.74) is 1.07. The summed E-state index contributed by atoms with van der Waals surface area (Å²) in [6.07, 6.45) is 3.50. The molecule has 0 bridgehead atoms. The van der Waals surface area contributed by atoms with E-state index in [1.807, 2.05) is 0 Å². The summed E-state index contributed by atoms with van der Waals surface area (Å²) in [6.45, 7) is 4.29. The summed E-state index contributed by atoms with van der Waals surface area (Å²) in [5.74, 6) is 0. The van der Waals surface area contributed by atoms with Crippen molar-refractivity contribution in [3.05, 3.63) is 34.4 Å². The summed E-state index contributed by atoms with van der Waals surface area (Å²) in [4.78, 5) is 10.1. The molecule has 1 atom stereocenters. The van der Waals surface area contributed by atoms with Crippen LogP contribution >= 0.6 is 0 Å². The van der Waals surface area contributed by atoms with Crippen LogP contribution in [0.25, 0.3) is 0 Å². The minimum atomic E-state index is -0.385. The molecule has 1 unspecified atom stereocenters. The second kappa shape index (κ2) is 6.10. The molecule has 0 aromatic heterocycles. The van der Waals surface area contributed by atoms with Gasteiger partial charge in [0, 0.05) is 23.9 Å². The van der Waals surface area contributed by atoms with E-state index in [-0.39, 0.29) is 10.6 Å². The molecule has 1 aromatic rings. The highest BCUT2D eigenvalue weighted by Crippen LogP contribution is 2.17.